The summed E-state index contributed by atoms with van der Waals surface area (Å²) in [7, 11) is 1.65. The van der Waals surface area contributed by atoms with E-state index in [4.69, 9.17) is 0 Å². The topological polar surface area (TPSA) is 68.7 Å². The van der Waals surface area contributed by atoms with E-state index in [1.807, 2.05) is 6.07 Å². The second kappa shape index (κ2) is 10.7. The number of hydrogen-bond donors (Lipinski definition) is 2. The molecule has 2 aromatic rings. The summed E-state index contributed by atoms with van der Waals surface area (Å²) in [6.45, 7) is 5.68. The molecule has 3 rings (SSSR count). The molecular weight excluding hydrogens is 376 g/mol. The fourth-order valence-electron chi connectivity index (χ4n) is 3.21. The average molecular weight is 403 g/mol. The Labute approximate surface area is 169 Å². The molecule has 2 heterocycles. The molecule has 1 aliphatic rings. The summed E-state index contributed by atoms with van der Waals surface area (Å²) in [5, 5.41) is 6.23. The maximum atomic E-state index is 13.7. The van der Waals surface area contributed by atoms with Gasteiger partial charge >= 0.3 is 0 Å². The van der Waals surface area contributed by atoms with E-state index in [1.165, 1.54) is 6.07 Å². The third-order valence-corrected chi connectivity index (χ3v) is 4.83. The molecule has 0 bridgehead atoms. The second-order valence-corrected chi connectivity index (χ2v) is 6.82. The highest BCUT2D eigenvalue weighted by atomic mass is 19.1. The molecular formula is C20H27F2N7. The first-order chi connectivity index (χ1) is 14.2. The molecule has 0 atom stereocenters. The van der Waals surface area contributed by atoms with Crippen molar-refractivity contribution < 1.29 is 8.78 Å². The van der Waals surface area contributed by atoms with E-state index in [1.54, 1.807) is 19.4 Å². The Kier molecular flexibility index (Phi) is 7.69. The Morgan fingerprint density at radius 2 is 1.86 bits per heavy atom. The molecule has 7 nitrogen and oxygen atoms in total. The Hall–Kier alpha value is -2.81. The van der Waals surface area contributed by atoms with Crippen LogP contribution >= 0.6 is 0 Å². The number of benzene rings is 1. The van der Waals surface area contributed by atoms with Crippen LogP contribution in [0.4, 0.5) is 14.7 Å². The summed E-state index contributed by atoms with van der Waals surface area (Å²) in [4.78, 5) is 17.3. The van der Waals surface area contributed by atoms with Crippen molar-refractivity contribution in [2.75, 3.05) is 51.2 Å². The molecule has 1 aliphatic heterocycles. The number of aromatic nitrogens is 2. The Balaban J connectivity index is 1.33. The highest BCUT2D eigenvalue weighted by Crippen LogP contribution is 2.10. The van der Waals surface area contributed by atoms with Gasteiger partial charge in [0.25, 0.3) is 0 Å². The summed E-state index contributed by atoms with van der Waals surface area (Å²) in [5.41, 5.74) is 0.271. The summed E-state index contributed by atoms with van der Waals surface area (Å²) >= 11 is 0. The quantitative estimate of drug-likeness (QED) is 0.416. The van der Waals surface area contributed by atoms with Crippen molar-refractivity contribution >= 4 is 11.9 Å². The van der Waals surface area contributed by atoms with Crippen molar-refractivity contribution in [1.29, 1.82) is 0 Å². The van der Waals surface area contributed by atoms with Crippen LogP contribution in [0.3, 0.4) is 0 Å². The monoisotopic (exact) mass is 403 g/mol. The van der Waals surface area contributed by atoms with Crippen molar-refractivity contribution in [2.24, 2.45) is 4.99 Å². The molecule has 29 heavy (non-hydrogen) atoms. The zero-order valence-electron chi connectivity index (χ0n) is 16.6. The Bertz CT molecular complexity index is 793. The lowest BCUT2D eigenvalue weighted by molar-refractivity contribution is 0.254. The highest BCUT2D eigenvalue weighted by molar-refractivity contribution is 5.79. The van der Waals surface area contributed by atoms with Crippen molar-refractivity contribution in [1.82, 2.24) is 25.5 Å². The molecule has 0 saturated carbocycles. The number of guanidine groups is 1. The number of piperazine rings is 1. The number of hydrogen-bond acceptors (Lipinski definition) is 5. The van der Waals surface area contributed by atoms with Gasteiger partial charge < -0.3 is 15.5 Å². The first-order valence-electron chi connectivity index (χ1n) is 9.78. The second-order valence-electron chi connectivity index (χ2n) is 6.82. The van der Waals surface area contributed by atoms with Crippen molar-refractivity contribution in [3.8, 4) is 0 Å². The lowest BCUT2D eigenvalue weighted by Crippen LogP contribution is -2.47. The lowest BCUT2D eigenvalue weighted by Gasteiger charge is -2.34. The van der Waals surface area contributed by atoms with E-state index in [2.05, 4.69) is 35.4 Å². The van der Waals surface area contributed by atoms with Crippen LogP contribution in [0.25, 0.3) is 0 Å². The van der Waals surface area contributed by atoms with E-state index < -0.39 is 11.6 Å². The molecule has 156 valence electrons. The molecule has 0 unspecified atom stereocenters. The number of rotatable bonds is 7. The van der Waals surface area contributed by atoms with Crippen LogP contribution in [0.1, 0.15) is 12.0 Å². The summed E-state index contributed by atoms with van der Waals surface area (Å²) < 4.78 is 26.9. The molecule has 1 fully saturated rings. The van der Waals surface area contributed by atoms with Crippen molar-refractivity contribution in [3.63, 3.8) is 0 Å². The number of halogens is 2. The fourth-order valence-corrected chi connectivity index (χ4v) is 3.21. The first-order valence-corrected chi connectivity index (χ1v) is 9.78. The third-order valence-electron chi connectivity index (χ3n) is 4.83. The fraction of sp³-hybridized carbons (Fsp3) is 0.450. The van der Waals surface area contributed by atoms with Gasteiger partial charge in [-0.1, -0.05) is 0 Å². The van der Waals surface area contributed by atoms with Crippen LogP contribution in [-0.2, 0) is 6.54 Å². The van der Waals surface area contributed by atoms with E-state index in [0.29, 0.717) is 5.96 Å². The van der Waals surface area contributed by atoms with Crippen LogP contribution in [0.15, 0.2) is 41.7 Å². The number of aliphatic imine (C=N–C) groups is 1. The minimum Gasteiger partial charge on any atom is -0.356 e. The van der Waals surface area contributed by atoms with Crippen LogP contribution < -0.4 is 15.5 Å². The minimum atomic E-state index is -0.454. The molecule has 0 aliphatic carbocycles. The van der Waals surface area contributed by atoms with Gasteiger partial charge in [-0.15, -0.1) is 0 Å². The van der Waals surface area contributed by atoms with Gasteiger partial charge in [0, 0.05) is 64.3 Å². The minimum absolute atomic E-state index is 0.173. The number of nitrogens with zero attached hydrogens (tertiary/aromatic N) is 5. The zero-order valence-corrected chi connectivity index (χ0v) is 16.6. The van der Waals surface area contributed by atoms with Gasteiger partial charge in [0.05, 0.1) is 0 Å². The molecule has 1 aromatic heterocycles. The maximum absolute atomic E-state index is 13.7. The zero-order chi connectivity index (χ0) is 20.5. The van der Waals surface area contributed by atoms with Gasteiger partial charge in [0.2, 0.25) is 5.95 Å². The normalized spacial score (nSPS) is 15.4. The highest BCUT2D eigenvalue weighted by Gasteiger charge is 2.18. The van der Waals surface area contributed by atoms with Gasteiger partial charge in [-0.3, -0.25) is 9.89 Å². The molecule has 1 saturated heterocycles. The van der Waals surface area contributed by atoms with E-state index in [0.717, 1.165) is 63.8 Å². The van der Waals surface area contributed by atoms with Gasteiger partial charge in [-0.25, -0.2) is 18.7 Å². The largest absolute Gasteiger partial charge is 0.356 e. The van der Waals surface area contributed by atoms with Crippen LogP contribution in [-0.4, -0.2) is 67.1 Å². The summed E-state index contributed by atoms with van der Waals surface area (Å²) in [5.74, 6) is 0.470. The predicted molar refractivity (Wildman–Crippen MR) is 110 cm³/mol. The van der Waals surface area contributed by atoms with Crippen LogP contribution in [0.5, 0.6) is 0 Å². The molecule has 2 N–H and O–H groups in total. The lowest BCUT2D eigenvalue weighted by atomic mass is 10.2. The Morgan fingerprint density at radius 1 is 1.10 bits per heavy atom. The van der Waals surface area contributed by atoms with Crippen LogP contribution in [0.2, 0.25) is 0 Å². The standard InChI is InChI=1S/C20H27F2N7/c1-23-19(27-15-16-14-17(21)4-5-18(16)22)24-8-3-9-28-10-12-29(13-11-28)20-25-6-2-7-26-20/h2,4-7,14H,3,8-13,15H2,1H3,(H2,23,24,27). The van der Waals surface area contributed by atoms with Crippen LogP contribution in [0, 0.1) is 11.6 Å². The van der Waals surface area contributed by atoms with E-state index >= 15 is 0 Å². The molecule has 1 aromatic carbocycles. The molecule has 0 amide bonds. The summed E-state index contributed by atoms with van der Waals surface area (Å²) in [6.07, 6.45) is 4.49. The first kappa shape index (κ1) is 20.9. The molecule has 9 heteroatoms. The summed E-state index contributed by atoms with van der Waals surface area (Å²) in [6, 6.07) is 5.25. The average Bonchev–Trinajstić information content (AvgIpc) is 2.76. The third kappa shape index (κ3) is 6.35. The van der Waals surface area contributed by atoms with Gasteiger partial charge in [0.15, 0.2) is 5.96 Å². The van der Waals surface area contributed by atoms with Crippen molar-refractivity contribution in [3.05, 3.63) is 53.9 Å². The maximum Gasteiger partial charge on any atom is 0.225 e. The van der Waals surface area contributed by atoms with E-state index in [9.17, 15) is 8.78 Å². The number of nitrogens with one attached hydrogen (secondary N) is 2. The Morgan fingerprint density at radius 3 is 2.59 bits per heavy atom. The van der Waals surface area contributed by atoms with Gasteiger partial charge in [-0.2, -0.15) is 0 Å². The SMILES string of the molecule is CN=C(NCCCN1CCN(c2ncccn2)CC1)NCc1cc(F)ccc1F. The molecule has 0 radical (unpaired) electrons. The van der Waals surface area contributed by atoms with Crippen molar-refractivity contribution in [2.45, 2.75) is 13.0 Å². The van der Waals surface area contributed by atoms with Gasteiger partial charge in [0.1, 0.15) is 11.6 Å². The predicted octanol–water partition coefficient (Wildman–Crippen LogP) is 1.63. The van der Waals surface area contributed by atoms with Gasteiger partial charge in [-0.05, 0) is 37.2 Å². The smallest absolute Gasteiger partial charge is 0.225 e. The molecule has 0 spiro atoms. The van der Waals surface area contributed by atoms with E-state index in [-0.39, 0.29) is 12.1 Å². The number of anilines is 1.